The van der Waals surface area contributed by atoms with Gasteiger partial charge in [0.2, 0.25) is 0 Å². The van der Waals surface area contributed by atoms with Crippen LogP contribution >= 0.6 is 0 Å². The number of hydrogen-bond acceptors (Lipinski definition) is 7. The zero-order valence-corrected chi connectivity index (χ0v) is 25.7. The van der Waals surface area contributed by atoms with Gasteiger partial charge in [-0.3, -0.25) is 9.52 Å². The number of carbonyl (C=O) groups excluding carboxylic acids is 2. The predicted octanol–water partition coefficient (Wildman–Crippen LogP) is 4.19. The normalized spacial score (nSPS) is 17.5. The molecular formula is C31H38N4O7S. The van der Waals surface area contributed by atoms with Crippen LogP contribution in [0.25, 0.3) is 0 Å². The van der Waals surface area contributed by atoms with Gasteiger partial charge in [0.25, 0.3) is 15.9 Å². The fourth-order valence-electron chi connectivity index (χ4n) is 4.68. The second-order valence-corrected chi connectivity index (χ2v) is 12.5. The fraction of sp³-hybridized carbons (Fsp3) is 0.355. The highest BCUT2D eigenvalue weighted by Gasteiger charge is 2.34. The van der Waals surface area contributed by atoms with Crippen LogP contribution in [0, 0.1) is 12.8 Å². The van der Waals surface area contributed by atoms with Gasteiger partial charge in [0.15, 0.2) is 0 Å². The van der Waals surface area contributed by atoms with Crippen LogP contribution < -0.4 is 19.5 Å². The zero-order valence-electron chi connectivity index (χ0n) is 24.9. The third kappa shape index (κ3) is 7.57. The van der Waals surface area contributed by atoms with Crippen LogP contribution in [0.3, 0.4) is 0 Å². The number of nitrogens with one attached hydrogen (secondary N) is 2. The molecule has 3 aromatic carbocycles. The predicted molar refractivity (Wildman–Crippen MR) is 164 cm³/mol. The average molecular weight is 611 g/mol. The van der Waals surface area contributed by atoms with E-state index in [1.54, 1.807) is 68.4 Å². The molecule has 0 saturated heterocycles. The molecule has 0 unspecified atom stereocenters. The van der Waals surface area contributed by atoms with E-state index in [9.17, 15) is 23.1 Å². The van der Waals surface area contributed by atoms with Crippen LogP contribution in [0.1, 0.15) is 29.8 Å². The summed E-state index contributed by atoms with van der Waals surface area (Å²) in [7, 11) is -0.698. The number of amides is 3. The summed E-state index contributed by atoms with van der Waals surface area (Å²) in [4.78, 5) is 29.9. The van der Waals surface area contributed by atoms with Crippen molar-refractivity contribution >= 4 is 33.3 Å². The highest BCUT2D eigenvalue weighted by molar-refractivity contribution is 7.92. The highest BCUT2D eigenvalue weighted by atomic mass is 32.2. The first-order valence-electron chi connectivity index (χ1n) is 13.9. The number of methoxy groups -OCH3 is 1. The molecule has 0 aliphatic carbocycles. The summed E-state index contributed by atoms with van der Waals surface area (Å²) >= 11 is 0. The number of carbonyl (C=O) groups is 2. The van der Waals surface area contributed by atoms with Crippen LogP contribution in [-0.4, -0.2) is 81.3 Å². The number of nitrogens with zero attached hydrogens (tertiary/aromatic N) is 2. The van der Waals surface area contributed by atoms with Gasteiger partial charge in [-0.25, -0.2) is 13.2 Å². The Bertz CT molecular complexity index is 1550. The minimum atomic E-state index is -3.91. The molecule has 0 spiro atoms. The largest absolute Gasteiger partial charge is 0.497 e. The van der Waals surface area contributed by atoms with Crippen LogP contribution in [0.15, 0.2) is 71.6 Å². The molecule has 3 aromatic rings. The van der Waals surface area contributed by atoms with Crippen molar-refractivity contribution in [2.75, 3.05) is 43.9 Å². The van der Waals surface area contributed by atoms with Crippen molar-refractivity contribution in [1.29, 1.82) is 0 Å². The first-order chi connectivity index (χ1) is 20.4. The number of hydrogen-bond donors (Lipinski definition) is 3. The SMILES string of the molecule is COc1ccc(NC(=O)N(C)C[C@H]2Oc3ccc(NS(=O)(=O)c4ccc(C)cc4)cc3C(=O)N([C@@H](C)CO)C[C@H]2C)cc1. The molecule has 3 N–H and O–H groups in total. The number of aryl methyl sites for hydroxylation is 1. The van der Waals surface area contributed by atoms with E-state index < -0.39 is 28.1 Å². The highest BCUT2D eigenvalue weighted by Crippen LogP contribution is 2.31. The maximum atomic E-state index is 13.7. The van der Waals surface area contributed by atoms with E-state index in [4.69, 9.17) is 9.47 Å². The smallest absolute Gasteiger partial charge is 0.321 e. The molecule has 0 fully saturated rings. The Morgan fingerprint density at radius 2 is 1.77 bits per heavy atom. The molecule has 43 heavy (non-hydrogen) atoms. The van der Waals surface area contributed by atoms with Crippen LogP contribution in [0.5, 0.6) is 11.5 Å². The van der Waals surface area contributed by atoms with E-state index in [1.165, 1.54) is 29.2 Å². The Balaban J connectivity index is 1.59. The van der Waals surface area contributed by atoms with Gasteiger partial charge in [-0.15, -0.1) is 0 Å². The van der Waals surface area contributed by atoms with Crippen LogP contribution in [-0.2, 0) is 10.0 Å². The minimum absolute atomic E-state index is 0.0905. The second-order valence-electron chi connectivity index (χ2n) is 10.8. The van der Waals surface area contributed by atoms with Crippen molar-refractivity contribution in [1.82, 2.24) is 9.80 Å². The van der Waals surface area contributed by atoms with Crippen molar-refractivity contribution in [3.05, 3.63) is 77.9 Å². The van der Waals surface area contributed by atoms with Gasteiger partial charge in [-0.1, -0.05) is 24.6 Å². The molecule has 1 heterocycles. The van der Waals surface area contributed by atoms with E-state index in [-0.39, 0.29) is 53.5 Å². The first-order valence-corrected chi connectivity index (χ1v) is 15.4. The monoisotopic (exact) mass is 610 g/mol. The van der Waals surface area contributed by atoms with E-state index >= 15 is 0 Å². The van der Waals surface area contributed by atoms with Crippen molar-refractivity contribution in [2.45, 2.75) is 37.8 Å². The Kier molecular flexibility index (Phi) is 9.82. The van der Waals surface area contributed by atoms with Crippen molar-refractivity contribution in [3.63, 3.8) is 0 Å². The van der Waals surface area contributed by atoms with Gasteiger partial charge in [-0.2, -0.15) is 0 Å². The van der Waals surface area contributed by atoms with Gasteiger partial charge in [-0.05, 0) is 68.4 Å². The molecule has 12 heteroatoms. The molecule has 3 atom stereocenters. The molecule has 0 bridgehead atoms. The lowest BCUT2D eigenvalue weighted by Crippen LogP contribution is -2.50. The second kappa shape index (κ2) is 13.3. The number of ether oxygens (including phenoxy) is 2. The number of sulfonamides is 1. The van der Waals surface area contributed by atoms with E-state index in [0.717, 1.165) is 5.56 Å². The number of benzene rings is 3. The van der Waals surface area contributed by atoms with Gasteiger partial charge in [0.1, 0.15) is 17.6 Å². The van der Waals surface area contributed by atoms with Crippen LogP contribution in [0.4, 0.5) is 16.2 Å². The first kappa shape index (κ1) is 31.6. The molecule has 0 aromatic heterocycles. The van der Waals surface area contributed by atoms with Gasteiger partial charge >= 0.3 is 6.03 Å². The molecule has 4 rings (SSSR count). The maximum absolute atomic E-state index is 13.7. The lowest BCUT2D eigenvalue weighted by Gasteiger charge is -2.38. The third-order valence-electron chi connectivity index (χ3n) is 7.39. The standard InChI is InChI=1S/C31H38N4O7S/c1-20-6-13-26(14-7-20)43(39,40)33-24-10-15-28-27(16-24)30(37)35(22(3)19-36)17-21(2)29(42-28)18-34(4)31(38)32-23-8-11-25(41-5)12-9-23/h6-16,21-22,29,33,36H,17-19H2,1-5H3,(H,32,38)/t21-,22+,29-/m1/s1. The third-order valence-corrected chi connectivity index (χ3v) is 8.79. The zero-order chi connectivity index (χ0) is 31.3. The van der Waals surface area contributed by atoms with E-state index in [2.05, 4.69) is 10.0 Å². The Morgan fingerprint density at radius 1 is 1.12 bits per heavy atom. The fourth-order valence-corrected chi connectivity index (χ4v) is 5.73. The Hall–Kier alpha value is -4.29. The van der Waals surface area contributed by atoms with Gasteiger partial charge in [0, 0.05) is 30.9 Å². The molecular weight excluding hydrogens is 572 g/mol. The van der Waals surface area contributed by atoms with E-state index in [0.29, 0.717) is 11.4 Å². The summed E-state index contributed by atoms with van der Waals surface area (Å²) < 4.78 is 40.1. The summed E-state index contributed by atoms with van der Waals surface area (Å²) in [6.45, 7) is 5.70. The number of fused-ring (bicyclic) bond motifs is 1. The van der Waals surface area contributed by atoms with Crippen molar-refractivity contribution < 1.29 is 32.6 Å². The summed E-state index contributed by atoms with van der Waals surface area (Å²) in [5, 5.41) is 12.8. The number of rotatable bonds is 9. The molecule has 1 aliphatic heterocycles. The van der Waals surface area contributed by atoms with Crippen molar-refractivity contribution in [2.24, 2.45) is 5.92 Å². The van der Waals surface area contributed by atoms with E-state index in [1.807, 2.05) is 13.8 Å². The number of aliphatic hydroxyl groups excluding tert-OH is 1. The summed E-state index contributed by atoms with van der Waals surface area (Å²) in [5.41, 5.74) is 1.86. The maximum Gasteiger partial charge on any atom is 0.321 e. The van der Waals surface area contributed by atoms with Gasteiger partial charge < -0.3 is 29.7 Å². The lowest BCUT2D eigenvalue weighted by molar-refractivity contribution is 0.0371. The summed E-state index contributed by atoms with van der Waals surface area (Å²) in [6.07, 6.45) is -0.526. The number of aliphatic hydroxyl groups is 1. The Morgan fingerprint density at radius 3 is 2.40 bits per heavy atom. The quantitative estimate of drug-likeness (QED) is 0.330. The minimum Gasteiger partial charge on any atom is -0.497 e. The Labute approximate surface area is 252 Å². The lowest BCUT2D eigenvalue weighted by atomic mass is 9.99. The summed E-state index contributed by atoms with van der Waals surface area (Å²) in [6, 6.07) is 17.1. The topological polar surface area (TPSA) is 138 Å². The average Bonchev–Trinajstić information content (AvgIpc) is 2.99. The molecule has 0 saturated carbocycles. The number of likely N-dealkylation sites (N-methyl/N-ethyl adjacent to an activating group) is 1. The van der Waals surface area contributed by atoms with Gasteiger partial charge in [0.05, 0.1) is 36.8 Å². The summed E-state index contributed by atoms with van der Waals surface area (Å²) in [5.74, 6) is 0.300. The molecule has 3 amide bonds. The molecule has 1 aliphatic rings. The van der Waals surface area contributed by atoms with Crippen molar-refractivity contribution in [3.8, 4) is 11.5 Å². The number of urea groups is 1. The molecule has 230 valence electrons. The molecule has 11 nitrogen and oxygen atoms in total. The number of anilines is 2. The molecule has 0 radical (unpaired) electrons. The van der Waals surface area contributed by atoms with Crippen LogP contribution in [0.2, 0.25) is 0 Å².